The molecule has 0 spiro atoms. The van der Waals surface area contributed by atoms with Gasteiger partial charge >= 0.3 is 0 Å². The van der Waals surface area contributed by atoms with Gasteiger partial charge in [0.05, 0.1) is 29.4 Å². The van der Waals surface area contributed by atoms with E-state index < -0.39 is 0 Å². The standard InChI is InChI=1S/C19H26N8O/c1-19(2,3)27-18-14(9-24-27)17(21-11-22-18)20-7-12-6-15(28)26(5)16(12)13-8-23-25(4)10-13/h8-12,16H,6-7H2,1-5H3,(H,20,21,22)/t12-,16+/m0/s1. The molecule has 1 aliphatic heterocycles. The fourth-order valence-electron chi connectivity index (χ4n) is 3.93. The molecule has 0 radical (unpaired) electrons. The summed E-state index contributed by atoms with van der Waals surface area (Å²) < 4.78 is 3.67. The predicted molar refractivity (Wildman–Crippen MR) is 106 cm³/mol. The number of aromatic nitrogens is 6. The first-order valence-corrected chi connectivity index (χ1v) is 9.43. The lowest BCUT2D eigenvalue weighted by Gasteiger charge is -2.24. The van der Waals surface area contributed by atoms with Crippen molar-refractivity contribution in [1.29, 1.82) is 0 Å². The van der Waals surface area contributed by atoms with Crippen molar-refractivity contribution in [1.82, 2.24) is 34.4 Å². The Balaban J connectivity index is 1.58. The second kappa shape index (κ2) is 6.57. The van der Waals surface area contributed by atoms with E-state index in [1.54, 1.807) is 17.2 Å². The van der Waals surface area contributed by atoms with Crippen LogP contribution in [0.2, 0.25) is 0 Å². The number of fused-ring (bicyclic) bond motifs is 1. The number of anilines is 1. The zero-order chi connectivity index (χ0) is 20.1. The molecular formula is C19H26N8O. The van der Waals surface area contributed by atoms with E-state index in [1.807, 2.05) is 36.1 Å². The van der Waals surface area contributed by atoms with Crippen LogP contribution in [0.4, 0.5) is 5.82 Å². The first kappa shape index (κ1) is 18.4. The molecule has 0 bridgehead atoms. The molecule has 1 saturated heterocycles. The molecule has 2 atom stereocenters. The largest absolute Gasteiger partial charge is 0.369 e. The molecule has 1 amide bonds. The highest BCUT2D eigenvalue weighted by atomic mass is 16.2. The summed E-state index contributed by atoms with van der Waals surface area (Å²) in [4.78, 5) is 23.0. The van der Waals surface area contributed by atoms with Gasteiger partial charge in [0.15, 0.2) is 5.65 Å². The Labute approximate surface area is 163 Å². The van der Waals surface area contributed by atoms with Crippen LogP contribution in [0.5, 0.6) is 0 Å². The fourth-order valence-corrected chi connectivity index (χ4v) is 3.93. The fraction of sp³-hybridized carbons (Fsp3) is 0.526. The molecule has 3 aromatic rings. The van der Waals surface area contributed by atoms with Gasteiger partial charge in [0.25, 0.3) is 0 Å². The van der Waals surface area contributed by atoms with Gasteiger partial charge in [-0.15, -0.1) is 0 Å². The summed E-state index contributed by atoms with van der Waals surface area (Å²) in [6.45, 7) is 6.90. The van der Waals surface area contributed by atoms with Gasteiger partial charge in [-0.05, 0) is 20.8 Å². The summed E-state index contributed by atoms with van der Waals surface area (Å²) in [6.07, 6.45) is 7.66. The molecule has 0 aliphatic carbocycles. The van der Waals surface area contributed by atoms with Crippen molar-refractivity contribution < 1.29 is 4.79 Å². The predicted octanol–water partition coefficient (Wildman–Crippen LogP) is 1.95. The van der Waals surface area contributed by atoms with E-state index in [1.165, 1.54) is 0 Å². The third-order valence-electron chi connectivity index (χ3n) is 5.29. The first-order valence-electron chi connectivity index (χ1n) is 9.43. The lowest BCUT2D eigenvalue weighted by atomic mass is 9.95. The molecule has 28 heavy (non-hydrogen) atoms. The Hall–Kier alpha value is -2.97. The molecule has 1 aliphatic rings. The molecule has 0 unspecified atom stereocenters. The lowest BCUT2D eigenvalue weighted by Crippen LogP contribution is -2.26. The Morgan fingerprint density at radius 1 is 1.18 bits per heavy atom. The summed E-state index contributed by atoms with van der Waals surface area (Å²) >= 11 is 0. The Bertz CT molecular complexity index is 1010. The van der Waals surface area contributed by atoms with Gasteiger partial charge in [-0.1, -0.05) is 0 Å². The Morgan fingerprint density at radius 3 is 2.64 bits per heavy atom. The minimum absolute atomic E-state index is 0.00308. The average molecular weight is 382 g/mol. The highest BCUT2D eigenvalue weighted by Gasteiger charge is 2.39. The van der Waals surface area contributed by atoms with Crippen LogP contribution in [0.3, 0.4) is 0 Å². The second-order valence-electron chi connectivity index (χ2n) is 8.43. The van der Waals surface area contributed by atoms with Crippen LogP contribution in [0.25, 0.3) is 11.0 Å². The number of aryl methyl sites for hydroxylation is 1. The van der Waals surface area contributed by atoms with E-state index in [0.717, 1.165) is 22.4 Å². The zero-order valence-electron chi connectivity index (χ0n) is 16.9. The third kappa shape index (κ3) is 3.10. The summed E-state index contributed by atoms with van der Waals surface area (Å²) in [5.74, 6) is 1.02. The zero-order valence-corrected chi connectivity index (χ0v) is 16.9. The van der Waals surface area contributed by atoms with Crippen molar-refractivity contribution in [3.8, 4) is 0 Å². The molecule has 3 aromatic heterocycles. The minimum Gasteiger partial charge on any atom is -0.369 e. The van der Waals surface area contributed by atoms with Crippen LogP contribution in [0.15, 0.2) is 24.9 Å². The molecular weight excluding hydrogens is 356 g/mol. The quantitative estimate of drug-likeness (QED) is 0.741. The number of carbonyl (C=O) groups is 1. The van der Waals surface area contributed by atoms with Gasteiger partial charge in [0.1, 0.15) is 12.1 Å². The SMILES string of the molecule is CN1C(=O)C[C@@H](CNc2ncnc3c2cnn3C(C)(C)C)[C@@H]1c1cnn(C)c1. The number of rotatable bonds is 4. The van der Waals surface area contributed by atoms with E-state index in [2.05, 4.69) is 46.3 Å². The number of nitrogens with one attached hydrogen (secondary N) is 1. The van der Waals surface area contributed by atoms with E-state index >= 15 is 0 Å². The van der Waals surface area contributed by atoms with Crippen molar-refractivity contribution in [2.75, 3.05) is 18.9 Å². The summed E-state index contributed by atoms with van der Waals surface area (Å²) in [5.41, 5.74) is 1.68. The number of likely N-dealkylation sites (tertiary alicyclic amines) is 1. The maximum absolute atomic E-state index is 12.3. The van der Waals surface area contributed by atoms with Gasteiger partial charge in [0.2, 0.25) is 5.91 Å². The Kier molecular flexibility index (Phi) is 4.32. The minimum atomic E-state index is -0.167. The van der Waals surface area contributed by atoms with Crippen LogP contribution in [0, 0.1) is 5.92 Å². The molecule has 1 fully saturated rings. The average Bonchev–Trinajstić information content (AvgIpc) is 3.31. The van der Waals surface area contributed by atoms with E-state index in [4.69, 9.17) is 0 Å². The van der Waals surface area contributed by atoms with Crippen molar-refractivity contribution >= 4 is 22.8 Å². The smallest absolute Gasteiger partial charge is 0.223 e. The number of carbonyl (C=O) groups excluding carboxylic acids is 1. The highest BCUT2D eigenvalue weighted by Crippen LogP contribution is 2.37. The van der Waals surface area contributed by atoms with Gasteiger partial charge in [0, 0.05) is 44.7 Å². The van der Waals surface area contributed by atoms with Crippen molar-refractivity contribution in [3.63, 3.8) is 0 Å². The van der Waals surface area contributed by atoms with E-state index in [9.17, 15) is 4.79 Å². The maximum atomic E-state index is 12.3. The van der Waals surface area contributed by atoms with Crippen molar-refractivity contribution in [2.45, 2.75) is 38.8 Å². The summed E-state index contributed by atoms with van der Waals surface area (Å²) in [7, 11) is 3.74. The van der Waals surface area contributed by atoms with E-state index in [-0.39, 0.29) is 23.4 Å². The van der Waals surface area contributed by atoms with Gasteiger partial charge in [-0.3, -0.25) is 9.48 Å². The number of hydrogen-bond acceptors (Lipinski definition) is 6. The van der Waals surface area contributed by atoms with Crippen LogP contribution in [-0.4, -0.2) is 53.9 Å². The van der Waals surface area contributed by atoms with Crippen LogP contribution < -0.4 is 5.32 Å². The molecule has 0 aromatic carbocycles. The van der Waals surface area contributed by atoms with Gasteiger partial charge in [-0.2, -0.15) is 10.2 Å². The number of hydrogen-bond donors (Lipinski definition) is 1. The molecule has 148 valence electrons. The van der Waals surface area contributed by atoms with Gasteiger partial charge in [-0.25, -0.2) is 14.6 Å². The van der Waals surface area contributed by atoms with Gasteiger partial charge < -0.3 is 10.2 Å². The molecule has 4 rings (SSSR count). The van der Waals surface area contributed by atoms with Crippen LogP contribution >= 0.6 is 0 Å². The maximum Gasteiger partial charge on any atom is 0.223 e. The molecule has 0 saturated carbocycles. The summed E-state index contributed by atoms with van der Waals surface area (Å²) in [5, 5.41) is 13.1. The summed E-state index contributed by atoms with van der Waals surface area (Å²) in [6, 6.07) is 0.00308. The van der Waals surface area contributed by atoms with E-state index in [0.29, 0.717) is 13.0 Å². The monoisotopic (exact) mass is 382 g/mol. The van der Waals surface area contributed by atoms with Crippen molar-refractivity contribution in [2.24, 2.45) is 13.0 Å². The second-order valence-corrected chi connectivity index (χ2v) is 8.43. The third-order valence-corrected chi connectivity index (χ3v) is 5.29. The number of nitrogens with zero attached hydrogens (tertiary/aromatic N) is 7. The molecule has 4 heterocycles. The topological polar surface area (TPSA) is 93.8 Å². The number of amides is 1. The van der Waals surface area contributed by atoms with Crippen LogP contribution in [0.1, 0.15) is 38.8 Å². The van der Waals surface area contributed by atoms with Crippen molar-refractivity contribution in [3.05, 3.63) is 30.5 Å². The molecule has 9 heteroatoms. The first-order chi connectivity index (χ1) is 13.3. The molecule has 1 N–H and O–H groups in total. The highest BCUT2D eigenvalue weighted by molar-refractivity contribution is 5.86. The molecule has 9 nitrogen and oxygen atoms in total. The van der Waals surface area contributed by atoms with Crippen LogP contribution in [-0.2, 0) is 17.4 Å². The Morgan fingerprint density at radius 2 is 1.96 bits per heavy atom. The lowest BCUT2D eigenvalue weighted by molar-refractivity contribution is -0.127. The normalized spacial score (nSPS) is 20.3.